The normalized spacial score (nSPS) is 10.0. The number of nitrogens with zero attached hydrogens (tertiary/aromatic N) is 2. The van der Waals surface area contributed by atoms with Crippen molar-refractivity contribution in [2.75, 3.05) is 78.9 Å². The topological polar surface area (TPSA) is 243 Å². The molecular formula is C26H42N2O12. The Morgan fingerprint density at radius 1 is 0.475 bits per heavy atom. The van der Waals surface area contributed by atoms with E-state index in [9.17, 15) is 9.59 Å². The summed E-state index contributed by atoms with van der Waals surface area (Å²) < 4.78 is 0. The summed E-state index contributed by atoms with van der Waals surface area (Å²) in [5.41, 5.74) is -0.134. The Morgan fingerprint density at radius 2 is 0.700 bits per heavy atom. The fraction of sp³-hybridized carbons (Fsp3) is 0.462. The fourth-order valence-electron chi connectivity index (χ4n) is 2.83. The Kier molecular flexibility index (Phi) is 25.1. The molecule has 228 valence electrons. The zero-order chi connectivity index (χ0) is 30.8. The number of hydrogen-bond donors (Lipinski definition) is 10. The first-order chi connectivity index (χ1) is 19.1. The van der Waals surface area contributed by atoms with Crippen LogP contribution in [0.15, 0.2) is 48.5 Å². The maximum absolute atomic E-state index is 10.3. The van der Waals surface area contributed by atoms with E-state index in [1.807, 2.05) is 0 Å². The maximum atomic E-state index is 10.3. The van der Waals surface area contributed by atoms with E-state index >= 15 is 0 Å². The maximum Gasteiger partial charge on any atom is 0.339 e. The molecule has 0 saturated heterocycles. The Bertz CT molecular complexity index is 815. The van der Waals surface area contributed by atoms with E-state index < -0.39 is 11.9 Å². The molecule has 10 N–H and O–H groups in total. The van der Waals surface area contributed by atoms with Crippen molar-refractivity contribution >= 4 is 11.9 Å². The summed E-state index contributed by atoms with van der Waals surface area (Å²) in [6, 6.07) is 11.6. The number of rotatable bonds is 14. The summed E-state index contributed by atoms with van der Waals surface area (Å²) in [7, 11) is 0. The summed E-state index contributed by atoms with van der Waals surface area (Å²) in [6.07, 6.45) is 0. The molecule has 0 radical (unpaired) electrons. The first kappa shape index (κ1) is 38.8. The minimum Gasteiger partial charge on any atom is -0.507 e. The van der Waals surface area contributed by atoms with Gasteiger partial charge in [0.15, 0.2) is 0 Å². The van der Waals surface area contributed by atoms with Crippen LogP contribution in [0, 0.1) is 0 Å². The van der Waals surface area contributed by atoms with Crippen LogP contribution in [-0.4, -0.2) is 152 Å². The van der Waals surface area contributed by atoms with Crippen molar-refractivity contribution in [2.45, 2.75) is 0 Å². The lowest BCUT2D eigenvalue weighted by molar-refractivity contribution is 0.0682. The van der Waals surface area contributed by atoms with Gasteiger partial charge in [-0.1, -0.05) is 24.3 Å². The van der Waals surface area contributed by atoms with Crippen LogP contribution < -0.4 is 0 Å². The second kappa shape index (κ2) is 25.9. The van der Waals surface area contributed by atoms with Crippen LogP contribution in [0.25, 0.3) is 0 Å². The first-order valence-electron chi connectivity index (χ1n) is 12.3. The highest BCUT2D eigenvalue weighted by Gasteiger charge is 2.06. The third kappa shape index (κ3) is 19.7. The van der Waals surface area contributed by atoms with Crippen molar-refractivity contribution in [1.29, 1.82) is 0 Å². The average molecular weight is 575 g/mol. The molecule has 0 unspecified atom stereocenters. The van der Waals surface area contributed by atoms with Gasteiger partial charge >= 0.3 is 11.9 Å². The lowest BCUT2D eigenvalue weighted by atomic mass is 10.2. The number of carboxylic acid groups (broad SMARTS) is 2. The lowest BCUT2D eigenvalue weighted by Crippen LogP contribution is -2.32. The number of benzene rings is 2. The van der Waals surface area contributed by atoms with Crippen LogP contribution in [0.1, 0.15) is 20.7 Å². The average Bonchev–Trinajstić information content (AvgIpc) is 2.91. The molecule has 40 heavy (non-hydrogen) atoms. The van der Waals surface area contributed by atoms with Crippen LogP contribution in [0.3, 0.4) is 0 Å². The predicted octanol–water partition coefficient (Wildman–Crippen LogP) is -1.29. The van der Waals surface area contributed by atoms with E-state index in [4.69, 9.17) is 51.1 Å². The van der Waals surface area contributed by atoms with E-state index in [2.05, 4.69) is 0 Å². The van der Waals surface area contributed by atoms with E-state index in [1.54, 1.807) is 34.1 Å². The number of aromatic carboxylic acids is 2. The van der Waals surface area contributed by atoms with Crippen molar-refractivity contribution in [1.82, 2.24) is 9.80 Å². The summed E-state index contributed by atoms with van der Waals surface area (Å²) in [5.74, 6) is -2.62. The zero-order valence-electron chi connectivity index (χ0n) is 22.3. The van der Waals surface area contributed by atoms with E-state index in [0.717, 1.165) is 0 Å². The monoisotopic (exact) mass is 574 g/mol. The van der Waals surface area contributed by atoms with E-state index in [0.29, 0.717) is 39.3 Å². The molecule has 0 fully saturated rings. The van der Waals surface area contributed by atoms with Crippen LogP contribution in [0.4, 0.5) is 0 Å². The SMILES string of the molecule is O=C(O)c1ccccc1O.O=C(O)c1ccccc1O.OCCN(CCO)CCO.OCCN(CCO)CCO. The molecule has 14 heteroatoms. The number of hydrogen-bond acceptors (Lipinski definition) is 12. The Morgan fingerprint density at radius 3 is 0.850 bits per heavy atom. The van der Waals surface area contributed by atoms with Gasteiger partial charge in [0, 0.05) is 39.3 Å². The van der Waals surface area contributed by atoms with Gasteiger partial charge in [-0.05, 0) is 24.3 Å². The quantitative estimate of drug-likeness (QED) is 0.126. The smallest absolute Gasteiger partial charge is 0.339 e. The van der Waals surface area contributed by atoms with Crippen molar-refractivity contribution < 1.29 is 60.7 Å². The second-order valence-electron chi connectivity index (χ2n) is 7.67. The van der Waals surface area contributed by atoms with Crippen LogP contribution in [0.2, 0.25) is 0 Å². The largest absolute Gasteiger partial charge is 0.507 e. The summed E-state index contributed by atoms with van der Waals surface area (Å²) in [6.45, 7) is 3.51. The summed E-state index contributed by atoms with van der Waals surface area (Å²) in [4.78, 5) is 24.1. The van der Waals surface area contributed by atoms with Gasteiger partial charge in [-0.3, -0.25) is 9.80 Å². The number of aliphatic hydroxyl groups is 6. The number of aromatic hydroxyl groups is 2. The third-order valence-corrected chi connectivity index (χ3v) is 4.77. The molecule has 0 aromatic heterocycles. The van der Waals surface area contributed by atoms with Gasteiger partial charge in [0.25, 0.3) is 0 Å². The fourth-order valence-corrected chi connectivity index (χ4v) is 2.83. The molecule has 0 heterocycles. The van der Waals surface area contributed by atoms with Gasteiger partial charge in [0.1, 0.15) is 22.6 Å². The van der Waals surface area contributed by atoms with Crippen molar-refractivity contribution in [3.63, 3.8) is 0 Å². The van der Waals surface area contributed by atoms with Gasteiger partial charge in [-0.25, -0.2) is 9.59 Å². The summed E-state index contributed by atoms with van der Waals surface area (Å²) >= 11 is 0. The minimum absolute atomic E-state index is 0.0671. The van der Waals surface area contributed by atoms with Crippen molar-refractivity contribution in [3.05, 3.63) is 59.7 Å². The molecule has 0 amide bonds. The molecule has 2 rings (SSSR count). The second-order valence-corrected chi connectivity index (χ2v) is 7.67. The number of para-hydroxylation sites is 2. The Balaban J connectivity index is 0. The third-order valence-electron chi connectivity index (χ3n) is 4.77. The van der Waals surface area contributed by atoms with Gasteiger partial charge in [0.2, 0.25) is 0 Å². The van der Waals surface area contributed by atoms with E-state index in [1.165, 1.54) is 24.3 Å². The molecule has 2 aromatic rings. The van der Waals surface area contributed by atoms with Crippen molar-refractivity contribution in [3.8, 4) is 11.5 Å². The first-order valence-corrected chi connectivity index (χ1v) is 12.3. The molecule has 2 aromatic carbocycles. The van der Waals surface area contributed by atoms with Crippen LogP contribution >= 0.6 is 0 Å². The standard InChI is InChI=1S/2C7H6O3.2C6H15NO3/c2*8-6-4-2-1-3-5(6)7(9)10;2*8-4-1-7(2-5-9)3-6-10/h2*1-4,8H,(H,9,10);2*8-10H,1-6H2. The van der Waals surface area contributed by atoms with Crippen molar-refractivity contribution in [2.24, 2.45) is 0 Å². The molecule has 14 nitrogen and oxygen atoms in total. The number of aliphatic hydroxyl groups excluding tert-OH is 6. The number of phenols is 2. The van der Waals surface area contributed by atoms with Crippen LogP contribution in [-0.2, 0) is 0 Å². The molecule has 0 aliphatic carbocycles. The molecular weight excluding hydrogens is 532 g/mol. The highest BCUT2D eigenvalue weighted by atomic mass is 16.4. The molecule has 0 saturated carbocycles. The molecule has 0 aliphatic heterocycles. The number of carboxylic acids is 2. The highest BCUT2D eigenvalue weighted by molar-refractivity contribution is 5.91. The lowest BCUT2D eigenvalue weighted by Gasteiger charge is -2.17. The minimum atomic E-state index is -1.11. The van der Waals surface area contributed by atoms with Crippen LogP contribution in [0.5, 0.6) is 11.5 Å². The highest BCUT2D eigenvalue weighted by Crippen LogP contribution is 2.15. The summed E-state index contributed by atoms with van der Waals surface area (Å²) in [5, 5.41) is 85.5. The molecule has 0 spiro atoms. The molecule has 0 bridgehead atoms. The predicted molar refractivity (Wildman–Crippen MR) is 146 cm³/mol. The Labute approximate surface area is 232 Å². The zero-order valence-corrected chi connectivity index (χ0v) is 22.3. The van der Waals surface area contributed by atoms with E-state index in [-0.39, 0.29) is 62.3 Å². The Hall–Kier alpha value is -3.34. The van der Waals surface area contributed by atoms with Gasteiger partial charge in [0.05, 0.1) is 39.6 Å². The number of carbonyl (C=O) groups is 2. The molecule has 0 atom stereocenters. The van der Waals surface area contributed by atoms with Gasteiger partial charge in [-0.2, -0.15) is 0 Å². The molecule has 0 aliphatic rings. The van der Waals surface area contributed by atoms with Gasteiger partial charge < -0.3 is 51.1 Å². The van der Waals surface area contributed by atoms with Gasteiger partial charge in [-0.15, -0.1) is 0 Å².